The second-order valence-corrected chi connectivity index (χ2v) is 7.91. The first-order valence-corrected chi connectivity index (χ1v) is 10.6. The fourth-order valence-electron chi connectivity index (χ4n) is 2.19. The lowest BCUT2D eigenvalue weighted by Crippen LogP contribution is -2.41. The number of guanidine groups is 1. The molecule has 8 nitrogen and oxygen atoms in total. The lowest BCUT2D eigenvalue weighted by atomic mass is 10.4. The van der Waals surface area contributed by atoms with Gasteiger partial charge in [0.05, 0.1) is 0 Å². The molecule has 1 aliphatic rings. The third-order valence-corrected chi connectivity index (χ3v) is 5.21. The average molecular weight is 384 g/mol. The largest absolute Gasteiger partial charge is 0.381 e. The van der Waals surface area contributed by atoms with E-state index in [4.69, 9.17) is 4.74 Å². The number of ether oxygens (including phenoxy) is 1. The topological polar surface area (TPSA) is 105 Å². The number of nitrogens with zero attached hydrogens (tertiary/aromatic N) is 2. The van der Waals surface area contributed by atoms with Crippen LogP contribution in [0.15, 0.2) is 34.4 Å². The Balaban J connectivity index is 1.64. The van der Waals surface area contributed by atoms with Gasteiger partial charge in [-0.3, -0.25) is 9.98 Å². The molecule has 0 spiro atoms. The third kappa shape index (κ3) is 8.11. The molecule has 0 bridgehead atoms. The van der Waals surface area contributed by atoms with Gasteiger partial charge in [0.15, 0.2) is 5.96 Å². The number of hydrogen-bond donors (Lipinski definition) is 3. The standard InChI is InChI=1S/C17H29N5O3S/c1-2-19-17(20-9-4-12-25-14-15-6-7-15)21-10-11-22-26(23,24)16-5-3-8-18-13-16/h3,5,8,13,15,22H,2,4,6-7,9-12,14H2,1H3,(H2,19,20,21). The lowest BCUT2D eigenvalue weighted by Gasteiger charge is -2.12. The molecule has 1 saturated carbocycles. The summed E-state index contributed by atoms with van der Waals surface area (Å²) in [5, 5.41) is 6.26. The highest BCUT2D eigenvalue weighted by Gasteiger charge is 2.20. The number of sulfonamides is 1. The van der Waals surface area contributed by atoms with Crippen LogP contribution in [0.5, 0.6) is 0 Å². The number of pyridine rings is 1. The van der Waals surface area contributed by atoms with E-state index in [-0.39, 0.29) is 11.4 Å². The van der Waals surface area contributed by atoms with E-state index in [2.05, 4.69) is 25.3 Å². The molecule has 9 heteroatoms. The molecule has 0 aromatic carbocycles. The van der Waals surface area contributed by atoms with Crippen LogP contribution >= 0.6 is 0 Å². The number of aromatic nitrogens is 1. The zero-order chi connectivity index (χ0) is 18.7. The normalized spacial score (nSPS) is 15.0. The van der Waals surface area contributed by atoms with Crippen molar-refractivity contribution in [3.63, 3.8) is 0 Å². The molecule has 0 radical (unpaired) electrons. The van der Waals surface area contributed by atoms with Crippen molar-refractivity contribution in [2.24, 2.45) is 10.9 Å². The van der Waals surface area contributed by atoms with Crippen molar-refractivity contribution in [1.82, 2.24) is 20.3 Å². The van der Waals surface area contributed by atoms with Crippen LogP contribution in [0.1, 0.15) is 26.2 Å². The van der Waals surface area contributed by atoms with Crippen LogP contribution < -0.4 is 15.4 Å². The summed E-state index contributed by atoms with van der Waals surface area (Å²) in [5.41, 5.74) is 0. The minimum Gasteiger partial charge on any atom is -0.381 e. The van der Waals surface area contributed by atoms with Crippen LogP contribution in [-0.4, -0.2) is 58.8 Å². The van der Waals surface area contributed by atoms with Crippen LogP contribution in [0.25, 0.3) is 0 Å². The van der Waals surface area contributed by atoms with Crippen molar-refractivity contribution in [3.8, 4) is 0 Å². The molecule has 0 saturated heterocycles. The van der Waals surface area contributed by atoms with Crippen molar-refractivity contribution in [1.29, 1.82) is 0 Å². The van der Waals surface area contributed by atoms with Gasteiger partial charge in [-0.15, -0.1) is 0 Å². The van der Waals surface area contributed by atoms with Crippen molar-refractivity contribution in [3.05, 3.63) is 24.5 Å². The quantitative estimate of drug-likeness (QED) is 0.279. The van der Waals surface area contributed by atoms with Crippen LogP contribution in [-0.2, 0) is 14.8 Å². The Hall–Kier alpha value is -1.71. The number of nitrogens with one attached hydrogen (secondary N) is 3. The summed E-state index contributed by atoms with van der Waals surface area (Å²) in [5.74, 6) is 1.46. The molecule has 0 atom stereocenters. The molecule has 3 N–H and O–H groups in total. The van der Waals surface area contributed by atoms with Gasteiger partial charge in [-0.1, -0.05) is 0 Å². The Bertz CT molecular complexity index is 648. The van der Waals surface area contributed by atoms with Crippen molar-refractivity contribution >= 4 is 16.0 Å². The monoisotopic (exact) mass is 383 g/mol. The molecule has 1 aliphatic carbocycles. The van der Waals surface area contributed by atoms with E-state index in [0.29, 0.717) is 19.0 Å². The lowest BCUT2D eigenvalue weighted by molar-refractivity contribution is 0.123. The molecule has 1 aromatic heterocycles. The number of aliphatic imine (C=N–C) groups is 1. The number of hydrogen-bond acceptors (Lipinski definition) is 5. The van der Waals surface area contributed by atoms with Crippen LogP contribution in [0.4, 0.5) is 0 Å². The summed E-state index contributed by atoms with van der Waals surface area (Å²) in [6.07, 6.45) is 6.34. The Morgan fingerprint density at radius 1 is 1.35 bits per heavy atom. The van der Waals surface area contributed by atoms with Gasteiger partial charge in [-0.2, -0.15) is 0 Å². The Labute approximate surface area is 155 Å². The first-order valence-electron chi connectivity index (χ1n) is 9.11. The summed E-state index contributed by atoms with van der Waals surface area (Å²) < 4.78 is 32.3. The second kappa shape index (κ2) is 11.1. The maximum absolute atomic E-state index is 12.1. The van der Waals surface area contributed by atoms with Gasteiger partial charge in [-0.25, -0.2) is 13.1 Å². The first-order chi connectivity index (χ1) is 12.6. The van der Waals surface area contributed by atoms with Gasteiger partial charge in [0, 0.05) is 51.8 Å². The minimum absolute atomic E-state index is 0.159. The van der Waals surface area contributed by atoms with Gasteiger partial charge >= 0.3 is 0 Å². The third-order valence-electron chi connectivity index (χ3n) is 3.77. The Morgan fingerprint density at radius 3 is 2.88 bits per heavy atom. The van der Waals surface area contributed by atoms with Gasteiger partial charge in [0.25, 0.3) is 0 Å². The zero-order valence-electron chi connectivity index (χ0n) is 15.3. The maximum Gasteiger partial charge on any atom is 0.242 e. The van der Waals surface area contributed by atoms with E-state index in [0.717, 1.165) is 32.1 Å². The summed E-state index contributed by atoms with van der Waals surface area (Å²) in [4.78, 5) is 8.45. The highest BCUT2D eigenvalue weighted by molar-refractivity contribution is 7.89. The predicted molar refractivity (Wildman–Crippen MR) is 102 cm³/mol. The van der Waals surface area contributed by atoms with Gasteiger partial charge in [0.2, 0.25) is 10.0 Å². The van der Waals surface area contributed by atoms with Crippen molar-refractivity contribution in [2.45, 2.75) is 31.1 Å². The number of rotatable bonds is 12. The molecular formula is C17H29N5O3S. The summed E-state index contributed by atoms with van der Waals surface area (Å²) >= 11 is 0. The van der Waals surface area contributed by atoms with E-state index in [9.17, 15) is 8.42 Å². The molecular weight excluding hydrogens is 354 g/mol. The highest BCUT2D eigenvalue weighted by Crippen LogP contribution is 2.28. The first kappa shape index (κ1) is 20.6. The maximum atomic E-state index is 12.1. The molecule has 0 unspecified atom stereocenters. The molecule has 1 heterocycles. The van der Waals surface area contributed by atoms with E-state index >= 15 is 0 Å². The van der Waals surface area contributed by atoms with Crippen LogP contribution in [0.3, 0.4) is 0 Å². The Kier molecular flexibility index (Phi) is 8.79. The van der Waals surface area contributed by atoms with E-state index in [1.807, 2.05) is 6.92 Å². The summed E-state index contributed by atoms with van der Waals surface area (Å²) in [6, 6.07) is 3.11. The van der Waals surface area contributed by atoms with Gasteiger partial charge in [0.1, 0.15) is 4.90 Å². The van der Waals surface area contributed by atoms with Gasteiger partial charge in [-0.05, 0) is 44.2 Å². The molecule has 1 fully saturated rings. The SMILES string of the molecule is CCNC(=NCCCOCC1CC1)NCCNS(=O)(=O)c1cccnc1. The molecule has 2 rings (SSSR count). The zero-order valence-corrected chi connectivity index (χ0v) is 16.1. The van der Waals surface area contributed by atoms with E-state index in [1.165, 1.54) is 31.3 Å². The van der Waals surface area contributed by atoms with E-state index < -0.39 is 10.0 Å². The smallest absolute Gasteiger partial charge is 0.242 e. The average Bonchev–Trinajstić information content (AvgIpc) is 3.46. The predicted octanol–water partition coefficient (Wildman–Crippen LogP) is 0.732. The second-order valence-electron chi connectivity index (χ2n) is 6.15. The minimum atomic E-state index is -3.53. The van der Waals surface area contributed by atoms with E-state index in [1.54, 1.807) is 6.07 Å². The van der Waals surface area contributed by atoms with Gasteiger partial charge < -0.3 is 15.4 Å². The fourth-order valence-corrected chi connectivity index (χ4v) is 3.18. The van der Waals surface area contributed by atoms with Crippen molar-refractivity contribution < 1.29 is 13.2 Å². The molecule has 0 amide bonds. The molecule has 0 aliphatic heterocycles. The molecule has 1 aromatic rings. The van der Waals surface area contributed by atoms with Crippen LogP contribution in [0.2, 0.25) is 0 Å². The Morgan fingerprint density at radius 2 is 2.19 bits per heavy atom. The molecule has 26 heavy (non-hydrogen) atoms. The van der Waals surface area contributed by atoms with Crippen LogP contribution in [0, 0.1) is 5.92 Å². The summed E-state index contributed by atoms with van der Waals surface area (Å²) in [7, 11) is -3.53. The fraction of sp³-hybridized carbons (Fsp3) is 0.647. The van der Waals surface area contributed by atoms with Crippen molar-refractivity contribution in [2.75, 3.05) is 39.4 Å². The highest BCUT2D eigenvalue weighted by atomic mass is 32.2. The molecule has 146 valence electrons. The summed E-state index contributed by atoms with van der Waals surface area (Å²) in [6.45, 7) is 5.69.